The summed E-state index contributed by atoms with van der Waals surface area (Å²) < 4.78 is 34.3. The van der Waals surface area contributed by atoms with Crippen LogP contribution in [0.3, 0.4) is 0 Å². The van der Waals surface area contributed by atoms with Gasteiger partial charge in [-0.15, -0.1) is 0 Å². The minimum Gasteiger partial charge on any atom is -0.486 e. The van der Waals surface area contributed by atoms with E-state index in [2.05, 4.69) is 5.32 Å². The maximum atomic E-state index is 13.5. The van der Waals surface area contributed by atoms with Gasteiger partial charge in [0.25, 0.3) is 10.0 Å². The van der Waals surface area contributed by atoms with Gasteiger partial charge in [-0.05, 0) is 61.2 Å². The van der Waals surface area contributed by atoms with Gasteiger partial charge in [0, 0.05) is 17.1 Å². The minimum atomic E-state index is -3.81. The number of fused-ring (bicyclic) bond motifs is 2. The molecule has 0 bridgehead atoms. The van der Waals surface area contributed by atoms with Crippen LogP contribution in [0.25, 0.3) is 0 Å². The number of carbonyl (C=O) groups is 1. The fraction of sp³-hybridized carbons (Fsp3) is 0.350. The van der Waals surface area contributed by atoms with Crippen LogP contribution in [0, 0.1) is 0 Å². The highest BCUT2D eigenvalue weighted by molar-refractivity contribution is 7.92. The Bertz CT molecular complexity index is 1040. The molecule has 0 fully saturated rings. The van der Waals surface area contributed by atoms with Crippen LogP contribution >= 0.6 is 11.6 Å². The molecule has 0 radical (unpaired) electrons. The molecule has 2 aromatic rings. The Balaban J connectivity index is 1.77. The summed E-state index contributed by atoms with van der Waals surface area (Å²) in [7, 11) is -3.81. The lowest BCUT2D eigenvalue weighted by atomic mass is 10.1. The Hall–Kier alpha value is -2.25. The van der Waals surface area contributed by atoms with Crippen LogP contribution in [-0.2, 0) is 21.2 Å². The number of ether oxygens (including phenoxy) is 1. The molecule has 2 aliphatic heterocycles. The number of aryl methyl sites for hydroxylation is 1. The average molecular weight is 421 g/mol. The zero-order chi connectivity index (χ0) is 19.9. The van der Waals surface area contributed by atoms with Gasteiger partial charge in [-0.1, -0.05) is 18.5 Å². The second-order valence-corrected chi connectivity index (χ2v) is 9.32. The Morgan fingerprint density at radius 3 is 2.82 bits per heavy atom. The number of carbonyl (C=O) groups excluding carboxylic acids is 1. The van der Waals surface area contributed by atoms with Gasteiger partial charge in [0.15, 0.2) is 0 Å². The first kappa shape index (κ1) is 19.1. The molecule has 1 atom stereocenters. The van der Waals surface area contributed by atoms with Crippen molar-refractivity contribution in [3.8, 4) is 5.75 Å². The first-order valence-corrected chi connectivity index (χ1v) is 11.1. The number of anilines is 2. The van der Waals surface area contributed by atoms with Crippen LogP contribution in [0.1, 0.15) is 31.7 Å². The number of sulfonamides is 1. The number of halogens is 1. The average Bonchev–Trinajstić information content (AvgIpc) is 2.86. The molecule has 148 valence electrons. The van der Waals surface area contributed by atoms with Crippen molar-refractivity contribution in [2.75, 3.05) is 16.2 Å². The molecular formula is C20H21ClN2O4S. The highest BCUT2D eigenvalue weighted by atomic mass is 35.5. The monoisotopic (exact) mass is 420 g/mol. The molecule has 28 heavy (non-hydrogen) atoms. The second-order valence-electron chi connectivity index (χ2n) is 7.02. The van der Waals surface area contributed by atoms with Crippen LogP contribution in [-0.4, -0.2) is 27.0 Å². The molecule has 2 aliphatic rings. The Labute approximate surface area is 169 Å². The molecule has 0 spiro atoms. The number of nitrogens with one attached hydrogen (secondary N) is 1. The number of nitrogens with zero attached hydrogens (tertiary/aromatic N) is 1. The minimum absolute atomic E-state index is 0.0445. The predicted octanol–water partition coefficient (Wildman–Crippen LogP) is 3.98. The summed E-state index contributed by atoms with van der Waals surface area (Å²) in [4.78, 5) is 11.9. The lowest BCUT2D eigenvalue weighted by Crippen LogP contribution is -2.43. The lowest BCUT2D eigenvalue weighted by molar-refractivity contribution is -0.116. The van der Waals surface area contributed by atoms with Gasteiger partial charge in [0.05, 0.1) is 17.1 Å². The van der Waals surface area contributed by atoms with Gasteiger partial charge in [0.1, 0.15) is 11.9 Å². The van der Waals surface area contributed by atoms with E-state index in [1.54, 1.807) is 36.4 Å². The van der Waals surface area contributed by atoms with Gasteiger partial charge in [-0.3, -0.25) is 9.10 Å². The maximum absolute atomic E-state index is 13.5. The van der Waals surface area contributed by atoms with Crippen LogP contribution in [0.4, 0.5) is 11.4 Å². The van der Waals surface area contributed by atoms with Crippen LogP contribution < -0.4 is 14.4 Å². The third-order valence-electron chi connectivity index (χ3n) is 5.10. The Kier molecular flexibility index (Phi) is 4.97. The van der Waals surface area contributed by atoms with Crippen LogP contribution in [0.15, 0.2) is 41.3 Å². The van der Waals surface area contributed by atoms with Crippen molar-refractivity contribution in [3.63, 3.8) is 0 Å². The van der Waals surface area contributed by atoms with Crippen molar-refractivity contribution in [1.29, 1.82) is 0 Å². The topological polar surface area (TPSA) is 75.7 Å². The molecule has 1 N–H and O–H groups in total. The molecule has 0 saturated heterocycles. The summed E-state index contributed by atoms with van der Waals surface area (Å²) in [5, 5.41) is 3.28. The second kappa shape index (κ2) is 7.29. The molecule has 2 heterocycles. The molecule has 2 aromatic carbocycles. The highest BCUT2D eigenvalue weighted by Crippen LogP contribution is 2.39. The van der Waals surface area contributed by atoms with E-state index in [0.717, 1.165) is 5.56 Å². The summed E-state index contributed by atoms with van der Waals surface area (Å²) in [6, 6.07) is 9.88. The first-order chi connectivity index (χ1) is 13.4. The summed E-state index contributed by atoms with van der Waals surface area (Å²) in [5.74, 6) is 0.463. The zero-order valence-electron chi connectivity index (χ0n) is 15.4. The molecule has 0 aromatic heterocycles. The number of amides is 1. The fourth-order valence-electron chi connectivity index (χ4n) is 3.56. The van der Waals surface area contributed by atoms with E-state index in [1.165, 1.54) is 4.31 Å². The van der Waals surface area contributed by atoms with E-state index in [9.17, 15) is 13.2 Å². The Morgan fingerprint density at radius 1 is 1.21 bits per heavy atom. The standard InChI is InChI=1S/C20H21ClN2O4S/c1-2-15-12-23(18-11-14(21)6-9-19(18)27-15)28(25,26)16-7-8-17-13(10-16)4-3-5-20(24)22-17/h6-11,15H,2-5,12H2,1H3,(H,22,24)/t15-/m0/s1. The number of hydrogen-bond donors (Lipinski definition) is 1. The van der Waals surface area contributed by atoms with Gasteiger partial charge in [0.2, 0.25) is 5.91 Å². The van der Waals surface area contributed by atoms with Crippen LogP contribution in [0.2, 0.25) is 5.02 Å². The smallest absolute Gasteiger partial charge is 0.264 e. The van der Waals surface area contributed by atoms with Gasteiger partial charge in [-0.25, -0.2) is 8.42 Å². The van der Waals surface area contributed by atoms with E-state index in [4.69, 9.17) is 16.3 Å². The number of rotatable bonds is 3. The van der Waals surface area contributed by atoms with Crippen molar-refractivity contribution < 1.29 is 17.9 Å². The van der Waals surface area contributed by atoms with Crippen molar-refractivity contribution in [3.05, 3.63) is 47.0 Å². The Morgan fingerprint density at radius 2 is 2.04 bits per heavy atom. The summed E-state index contributed by atoms with van der Waals surface area (Å²) >= 11 is 6.12. The molecular weight excluding hydrogens is 400 g/mol. The molecule has 0 saturated carbocycles. The SMILES string of the molecule is CC[C@H]1CN(S(=O)(=O)c2ccc3c(c2)CCCC(=O)N3)c2cc(Cl)ccc2O1. The number of hydrogen-bond acceptors (Lipinski definition) is 4. The van der Waals surface area contributed by atoms with E-state index >= 15 is 0 Å². The molecule has 4 rings (SSSR count). The van der Waals surface area contributed by atoms with E-state index < -0.39 is 10.0 Å². The predicted molar refractivity (Wildman–Crippen MR) is 109 cm³/mol. The molecule has 6 nitrogen and oxygen atoms in total. The van der Waals surface area contributed by atoms with Crippen molar-refractivity contribution in [2.24, 2.45) is 0 Å². The van der Waals surface area contributed by atoms with Crippen molar-refractivity contribution >= 4 is 38.9 Å². The third-order valence-corrected chi connectivity index (χ3v) is 7.11. The molecule has 8 heteroatoms. The molecule has 0 aliphatic carbocycles. The third kappa shape index (κ3) is 3.44. The van der Waals surface area contributed by atoms with E-state index in [1.807, 2.05) is 6.92 Å². The number of benzene rings is 2. The summed E-state index contributed by atoms with van der Waals surface area (Å²) in [6.45, 7) is 2.18. The molecule has 0 unspecified atom stereocenters. The summed E-state index contributed by atoms with van der Waals surface area (Å²) in [6.07, 6.45) is 2.23. The fourth-order valence-corrected chi connectivity index (χ4v) is 5.28. The van der Waals surface area contributed by atoms with Gasteiger partial charge >= 0.3 is 0 Å². The van der Waals surface area contributed by atoms with Crippen molar-refractivity contribution in [2.45, 2.75) is 43.6 Å². The summed E-state index contributed by atoms with van der Waals surface area (Å²) in [5.41, 5.74) is 1.96. The normalized spacial score (nSPS) is 19.1. The largest absolute Gasteiger partial charge is 0.486 e. The highest BCUT2D eigenvalue weighted by Gasteiger charge is 2.34. The van der Waals surface area contributed by atoms with Gasteiger partial charge in [-0.2, -0.15) is 0 Å². The van der Waals surface area contributed by atoms with E-state index in [0.29, 0.717) is 47.8 Å². The van der Waals surface area contributed by atoms with Crippen LogP contribution in [0.5, 0.6) is 5.75 Å². The van der Waals surface area contributed by atoms with Gasteiger partial charge < -0.3 is 10.1 Å². The quantitative estimate of drug-likeness (QED) is 0.814. The lowest BCUT2D eigenvalue weighted by Gasteiger charge is -2.35. The van der Waals surface area contributed by atoms with Crippen molar-refractivity contribution in [1.82, 2.24) is 0 Å². The first-order valence-electron chi connectivity index (χ1n) is 9.30. The molecule has 1 amide bonds. The maximum Gasteiger partial charge on any atom is 0.264 e. The zero-order valence-corrected chi connectivity index (χ0v) is 17.0. The van der Waals surface area contributed by atoms with E-state index in [-0.39, 0.29) is 23.5 Å².